The molecule has 0 saturated heterocycles. The van der Waals surface area contributed by atoms with E-state index in [0.29, 0.717) is 10.9 Å². The summed E-state index contributed by atoms with van der Waals surface area (Å²) in [6, 6.07) is 4.98. The van der Waals surface area contributed by atoms with Gasteiger partial charge in [0.25, 0.3) is 0 Å². The molecular formula is C11H11BrO3. The Morgan fingerprint density at radius 2 is 2.07 bits per heavy atom. The third kappa shape index (κ3) is 2.89. The van der Waals surface area contributed by atoms with Crippen molar-refractivity contribution in [3.05, 3.63) is 34.9 Å². The van der Waals surface area contributed by atoms with E-state index in [2.05, 4.69) is 15.9 Å². The summed E-state index contributed by atoms with van der Waals surface area (Å²) in [7, 11) is 0. The molecule has 0 heterocycles. The standard InChI is InChI=1S/C11H11BrO3/c1-7-8(5-9(13)6-12)3-2-4-10(7)11(14)15/h2-4H,5-6H2,1H3,(H,14,15). The second-order valence-corrected chi connectivity index (χ2v) is 3.80. The van der Waals surface area contributed by atoms with Gasteiger partial charge in [0.15, 0.2) is 0 Å². The minimum atomic E-state index is -0.958. The molecule has 3 nitrogen and oxygen atoms in total. The van der Waals surface area contributed by atoms with E-state index < -0.39 is 5.97 Å². The molecule has 0 unspecified atom stereocenters. The molecule has 15 heavy (non-hydrogen) atoms. The summed E-state index contributed by atoms with van der Waals surface area (Å²) >= 11 is 3.08. The van der Waals surface area contributed by atoms with Crippen LogP contribution in [0.2, 0.25) is 0 Å². The number of carboxylic acids is 1. The predicted molar refractivity (Wildman–Crippen MR) is 60.6 cm³/mol. The fraction of sp³-hybridized carbons (Fsp3) is 0.273. The average Bonchev–Trinajstić information content (AvgIpc) is 2.20. The number of ketones is 1. The lowest BCUT2D eigenvalue weighted by molar-refractivity contribution is -0.115. The van der Waals surface area contributed by atoms with E-state index in [1.165, 1.54) is 0 Å². The summed E-state index contributed by atoms with van der Waals surface area (Å²) < 4.78 is 0. The summed E-state index contributed by atoms with van der Waals surface area (Å²) in [6.07, 6.45) is 0.276. The first-order valence-electron chi connectivity index (χ1n) is 4.45. The number of hydrogen-bond acceptors (Lipinski definition) is 2. The first kappa shape index (κ1) is 11.9. The smallest absolute Gasteiger partial charge is 0.335 e. The Labute approximate surface area is 96.2 Å². The molecule has 0 bridgehead atoms. The maximum Gasteiger partial charge on any atom is 0.335 e. The van der Waals surface area contributed by atoms with Crippen molar-refractivity contribution < 1.29 is 14.7 Å². The molecule has 0 aliphatic rings. The van der Waals surface area contributed by atoms with Gasteiger partial charge in [0.2, 0.25) is 0 Å². The van der Waals surface area contributed by atoms with E-state index in [1.807, 2.05) is 0 Å². The number of rotatable bonds is 4. The maximum absolute atomic E-state index is 11.2. The van der Waals surface area contributed by atoms with Gasteiger partial charge >= 0.3 is 5.97 Å². The van der Waals surface area contributed by atoms with E-state index >= 15 is 0 Å². The van der Waals surface area contributed by atoms with Crippen molar-refractivity contribution in [2.24, 2.45) is 0 Å². The van der Waals surface area contributed by atoms with Crippen molar-refractivity contribution in [1.29, 1.82) is 0 Å². The minimum absolute atomic E-state index is 0.0423. The third-order valence-electron chi connectivity index (χ3n) is 2.21. The van der Waals surface area contributed by atoms with Crippen molar-refractivity contribution in [3.63, 3.8) is 0 Å². The highest BCUT2D eigenvalue weighted by Gasteiger charge is 2.11. The van der Waals surface area contributed by atoms with E-state index in [1.54, 1.807) is 25.1 Å². The molecule has 0 aliphatic carbocycles. The lowest BCUT2D eigenvalue weighted by atomic mass is 9.99. The molecule has 0 aromatic heterocycles. The number of benzene rings is 1. The van der Waals surface area contributed by atoms with Gasteiger partial charge in [-0.1, -0.05) is 28.1 Å². The van der Waals surface area contributed by atoms with Crippen LogP contribution in [0.5, 0.6) is 0 Å². The first-order valence-corrected chi connectivity index (χ1v) is 5.58. The Morgan fingerprint density at radius 1 is 1.40 bits per heavy atom. The second-order valence-electron chi connectivity index (χ2n) is 3.24. The molecule has 1 aromatic rings. The zero-order valence-electron chi connectivity index (χ0n) is 8.29. The van der Waals surface area contributed by atoms with Gasteiger partial charge in [-0.3, -0.25) is 4.79 Å². The molecular weight excluding hydrogens is 260 g/mol. The second kappa shape index (κ2) is 5.07. The van der Waals surface area contributed by atoms with Crippen LogP contribution < -0.4 is 0 Å². The molecule has 0 aliphatic heterocycles. The van der Waals surface area contributed by atoms with Gasteiger partial charge in [-0.15, -0.1) is 0 Å². The molecule has 1 rings (SSSR count). The van der Waals surface area contributed by atoms with Gasteiger partial charge in [0.1, 0.15) is 5.78 Å². The van der Waals surface area contributed by atoms with Crippen molar-refractivity contribution >= 4 is 27.7 Å². The lowest BCUT2D eigenvalue weighted by Crippen LogP contribution is -2.08. The van der Waals surface area contributed by atoms with Crippen LogP contribution in [0.3, 0.4) is 0 Å². The number of carbonyl (C=O) groups excluding carboxylic acids is 1. The Morgan fingerprint density at radius 3 is 2.60 bits per heavy atom. The number of alkyl halides is 1. The van der Waals surface area contributed by atoms with Gasteiger partial charge in [-0.05, 0) is 24.1 Å². The summed E-state index contributed by atoms with van der Waals surface area (Å²) in [6.45, 7) is 1.72. The lowest BCUT2D eigenvalue weighted by Gasteiger charge is -2.06. The van der Waals surface area contributed by atoms with Crippen molar-refractivity contribution in [2.45, 2.75) is 13.3 Å². The Bertz CT molecular complexity index is 399. The molecule has 0 radical (unpaired) electrons. The average molecular weight is 271 g/mol. The Balaban J connectivity index is 3.04. The molecule has 0 saturated carbocycles. The van der Waals surface area contributed by atoms with Crippen LogP contribution in [0.15, 0.2) is 18.2 Å². The minimum Gasteiger partial charge on any atom is -0.478 e. The van der Waals surface area contributed by atoms with Crippen LogP contribution in [0.1, 0.15) is 21.5 Å². The highest BCUT2D eigenvalue weighted by Crippen LogP contribution is 2.15. The third-order valence-corrected chi connectivity index (χ3v) is 2.84. The molecule has 0 spiro atoms. The number of carboxylic acid groups (broad SMARTS) is 1. The summed E-state index contributed by atoms with van der Waals surface area (Å²) in [5.41, 5.74) is 1.70. The van der Waals surface area contributed by atoms with Gasteiger partial charge < -0.3 is 5.11 Å². The summed E-state index contributed by atoms with van der Waals surface area (Å²) in [5.74, 6) is -0.915. The quantitative estimate of drug-likeness (QED) is 0.854. The first-order chi connectivity index (χ1) is 7.06. The normalized spacial score (nSPS) is 10.0. The zero-order valence-corrected chi connectivity index (χ0v) is 9.87. The molecule has 4 heteroatoms. The SMILES string of the molecule is Cc1c(CC(=O)CBr)cccc1C(=O)O. The molecule has 0 amide bonds. The van der Waals surface area contributed by atoms with Crippen LogP contribution in [0.4, 0.5) is 0 Å². The monoisotopic (exact) mass is 270 g/mol. The molecule has 0 fully saturated rings. The maximum atomic E-state index is 11.2. The summed E-state index contributed by atoms with van der Waals surface area (Å²) in [4.78, 5) is 22.1. The molecule has 80 valence electrons. The van der Waals surface area contributed by atoms with Crippen LogP contribution in [-0.2, 0) is 11.2 Å². The van der Waals surface area contributed by atoms with Crippen LogP contribution in [-0.4, -0.2) is 22.2 Å². The largest absolute Gasteiger partial charge is 0.478 e. The van der Waals surface area contributed by atoms with Crippen LogP contribution in [0, 0.1) is 6.92 Å². The molecule has 1 N–H and O–H groups in total. The Kier molecular flexibility index (Phi) is 4.03. The topological polar surface area (TPSA) is 54.4 Å². The van der Waals surface area contributed by atoms with Gasteiger partial charge in [0, 0.05) is 6.42 Å². The number of carbonyl (C=O) groups is 2. The van der Waals surface area contributed by atoms with Crippen LogP contribution >= 0.6 is 15.9 Å². The number of Topliss-reactive ketones (excluding diaryl/α,β-unsaturated/α-hetero) is 1. The molecule has 1 aromatic carbocycles. The predicted octanol–water partition coefficient (Wildman–Crippen LogP) is 2.20. The zero-order chi connectivity index (χ0) is 11.4. The fourth-order valence-electron chi connectivity index (χ4n) is 1.37. The molecule has 0 atom stereocenters. The van der Waals surface area contributed by atoms with Crippen molar-refractivity contribution in [2.75, 3.05) is 5.33 Å². The summed E-state index contributed by atoms with van der Waals surface area (Å²) in [5, 5.41) is 9.18. The van der Waals surface area contributed by atoms with Crippen molar-refractivity contribution in [3.8, 4) is 0 Å². The van der Waals surface area contributed by atoms with E-state index in [-0.39, 0.29) is 17.8 Å². The highest BCUT2D eigenvalue weighted by atomic mass is 79.9. The van der Waals surface area contributed by atoms with E-state index in [9.17, 15) is 9.59 Å². The van der Waals surface area contributed by atoms with E-state index in [0.717, 1.165) is 5.56 Å². The van der Waals surface area contributed by atoms with Crippen LogP contribution in [0.25, 0.3) is 0 Å². The van der Waals surface area contributed by atoms with Gasteiger partial charge in [0.05, 0.1) is 10.9 Å². The highest BCUT2D eigenvalue weighted by molar-refractivity contribution is 9.09. The van der Waals surface area contributed by atoms with Gasteiger partial charge in [-0.25, -0.2) is 4.79 Å². The number of aromatic carboxylic acids is 1. The number of halogens is 1. The fourth-order valence-corrected chi connectivity index (χ4v) is 1.56. The number of hydrogen-bond donors (Lipinski definition) is 1. The van der Waals surface area contributed by atoms with Gasteiger partial charge in [-0.2, -0.15) is 0 Å². The Hall–Kier alpha value is -1.16. The van der Waals surface area contributed by atoms with Crippen molar-refractivity contribution in [1.82, 2.24) is 0 Å². The van der Waals surface area contributed by atoms with E-state index in [4.69, 9.17) is 5.11 Å².